The van der Waals surface area contributed by atoms with Gasteiger partial charge in [0.15, 0.2) is 0 Å². The van der Waals surface area contributed by atoms with Crippen LogP contribution >= 0.6 is 0 Å². The van der Waals surface area contributed by atoms with Crippen LogP contribution in [0.3, 0.4) is 0 Å². The Balaban J connectivity index is 1.44. The van der Waals surface area contributed by atoms with E-state index in [2.05, 4.69) is 10.6 Å². The van der Waals surface area contributed by atoms with Crippen LogP contribution in [0.25, 0.3) is 0 Å². The van der Waals surface area contributed by atoms with Gasteiger partial charge in [0.1, 0.15) is 5.75 Å². The van der Waals surface area contributed by atoms with Gasteiger partial charge < -0.3 is 20.3 Å². The summed E-state index contributed by atoms with van der Waals surface area (Å²) in [4.78, 5) is 40.3. The molecule has 1 saturated heterocycles. The predicted octanol–water partition coefficient (Wildman–Crippen LogP) is 4.23. The number of nitrogens with zero attached hydrogens (tertiary/aromatic N) is 1. The van der Waals surface area contributed by atoms with Crippen molar-refractivity contribution in [3.05, 3.63) is 89.0 Å². The fourth-order valence-corrected chi connectivity index (χ4v) is 4.14. The van der Waals surface area contributed by atoms with Gasteiger partial charge in [-0.25, -0.2) is 0 Å². The van der Waals surface area contributed by atoms with Gasteiger partial charge in [-0.1, -0.05) is 48.0 Å². The van der Waals surface area contributed by atoms with Gasteiger partial charge >= 0.3 is 0 Å². The smallest absolute Gasteiger partial charge is 0.253 e. The van der Waals surface area contributed by atoms with Crippen molar-refractivity contribution in [2.24, 2.45) is 5.92 Å². The number of ether oxygens (including phenoxy) is 1. The molecule has 3 aromatic carbocycles. The first-order valence-corrected chi connectivity index (χ1v) is 11.5. The summed E-state index contributed by atoms with van der Waals surface area (Å²) in [5.41, 5.74) is 4.57. The number of carbonyl (C=O) groups excluding carboxylic acids is 3. The molecular weight excluding hydrogens is 442 g/mol. The second-order valence-electron chi connectivity index (χ2n) is 8.78. The Morgan fingerprint density at radius 3 is 2.46 bits per heavy atom. The predicted molar refractivity (Wildman–Crippen MR) is 136 cm³/mol. The van der Waals surface area contributed by atoms with Gasteiger partial charge in [-0.3, -0.25) is 14.4 Å². The van der Waals surface area contributed by atoms with Crippen molar-refractivity contribution < 1.29 is 19.1 Å². The Bertz CT molecular complexity index is 1250. The molecule has 1 atom stereocenters. The summed E-state index contributed by atoms with van der Waals surface area (Å²) in [5, 5.41) is 5.77. The number of hydrogen-bond acceptors (Lipinski definition) is 4. The third-order valence-electron chi connectivity index (χ3n) is 6.12. The first-order chi connectivity index (χ1) is 16.9. The van der Waals surface area contributed by atoms with Gasteiger partial charge in [0.05, 0.1) is 30.0 Å². The van der Waals surface area contributed by atoms with Crippen LogP contribution in [0, 0.1) is 19.8 Å². The van der Waals surface area contributed by atoms with Crippen molar-refractivity contribution in [1.29, 1.82) is 0 Å². The van der Waals surface area contributed by atoms with Crippen LogP contribution < -0.4 is 20.3 Å². The zero-order valence-electron chi connectivity index (χ0n) is 20.1. The number of amides is 3. The molecule has 35 heavy (non-hydrogen) atoms. The van der Waals surface area contributed by atoms with Gasteiger partial charge in [-0.05, 0) is 49.2 Å². The summed E-state index contributed by atoms with van der Waals surface area (Å²) in [6.45, 7) is 4.57. The molecule has 3 aromatic rings. The van der Waals surface area contributed by atoms with E-state index in [1.54, 1.807) is 36.3 Å². The minimum absolute atomic E-state index is 0.0880. The quantitative estimate of drug-likeness (QED) is 0.540. The zero-order chi connectivity index (χ0) is 24.9. The van der Waals surface area contributed by atoms with E-state index in [4.69, 9.17) is 4.74 Å². The maximum absolute atomic E-state index is 13.1. The highest BCUT2D eigenvalue weighted by Gasteiger charge is 2.36. The van der Waals surface area contributed by atoms with Gasteiger partial charge in [0.2, 0.25) is 11.8 Å². The van der Waals surface area contributed by atoms with Crippen LogP contribution in [0.4, 0.5) is 11.4 Å². The van der Waals surface area contributed by atoms with E-state index in [0.29, 0.717) is 29.2 Å². The molecule has 0 aliphatic carbocycles. The number of methoxy groups -OCH3 is 1. The lowest BCUT2D eigenvalue weighted by Crippen LogP contribution is -2.29. The fourth-order valence-electron chi connectivity index (χ4n) is 4.14. The SMILES string of the molecule is COc1ccc(C)cc1N1CC(C(=O)Nc2ccccc2C(=O)NCc2ccc(C)cc2)CC1=O. The molecule has 1 aliphatic rings. The van der Waals surface area contributed by atoms with Crippen LogP contribution in [0.5, 0.6) is 5.75 Å². The largest absolute Gasteiger partial charge is 0.495 e. The minimum Gasteiger partial charge on any atom is -0.495 e. The van der Waals surface area contributed by atoms with Gasteiger partial charge in [-0.2, -0.15) is 0 Å². The van der Waals surface area contributed by atoms with E-state index in [1.807, 2.05) is 56.3 Å². The van der Waals surface area contributed by atoms with Crippen molar-refractivity contribution >= 4 is 29.1 Å². The van der Waals surface area contributed by atoms with E-state index in [-0.39, 0.29) is 30.7 Å². The molecule has 180 valence electrons. The van der Waals surface area contributed by atoms with Crippen LogP contribution in [-0.4, -0.2) is 31.4 Å². The van der Waals surface area contributed by atoms with Crippen molar-refractivity contribution in [2.75, 3.05) is 23.9 Å². The highest BCUT2D eigenvalue weighted by molar-refractivity contribution is 6.07. The maximum Gasteiger partial charge on any atom is 0.253 e. The van der Waals surface area contributed by atoms with Crippen molar-refractivity contribution in [1.82, 2.24) is 5.32 Å². The number of rotatable bonds is 7. The Kier molecular flexibility index (Phi) is 7.15. The number of nitrogens with one attached hydrogen (secondary N) is 2. The molecule has 0 aromatic heterocycles. The third kappa shape index (κ3) is 5.51. The number of carbonyl (C=O) groups is 3. The number of aryl methyl sites for hydroxylation is 2. The number of hydrogen-bond donors (Lipinski definition) is 2. The van der Waals surface area contributed by atoms with Gasteiger partial charge in [-0.15, -0.1) is 0 Å². The zero-order valence-corrected chi connectivity index (χ0v) is 20.1. The molecule has 2 N–H and O–H groups in total. The molecule has 1 unspecified atom stereocenters. The molecule has 0 spiro atoms. The lowest BCUT2D eigenvalue weighted by atomic mass is 10.1. The minimum atomic E-state index is -0.545. The average molecular weight is 472 g/mol. The Labute approximate surface area is 205 Å². The van der Waals surface area contributed by atoms with E-state index in [9.17, 15) is 14.4 Å². The van der Waals surface area contributed by atoms with Crippen LogP contribution in [0.1, 0.15) is 33.5 Å². The van der Waals surface area contributed by atoms with E-state index < -0.39 is 5.92 Å². The Morgan fingerprint density at radius 1 is 1.00 bits per heavy atom. The van der Waals surface area contributed by atoms with Crippen molar-refractivity contribution in [3.8, 4) is 5.75 Å². The topological polar surface area (TPSA) is 87.7 Å². The normalized spacial score (nSPS) is 15.1. The molecule has 0 bridgehead atoms. The van der Waals surface area contributed by atoms with Crippen molar-refractivity contribution in [3.63, 3.8) is 0 Å². The Hall–Kier alpha value is -4.13. The third-order valence-corrected chi connectivity index (χ3v) is 6.12. The van der Waals surface area contributed by atoms with Crippen molar-refractivity contribution in [2.45, 2.75) is 26.8 Å². The maximum atomic E-state index is 13.1. The standard InChI is InChI=1S/C28H29N3O4/c1-18-8-11-20(12-9-18)16-29-28(34)22-6-4-5-7-23(22)30-27(33)21-15-26(32)31(17-21)24-14-19(2)10-13-25(24)35-3/h4-14,21H,15-17H2,1-3H3,(H,29,34)(H,30,33). The highest BCUT2D eigenvalue weighted by atomic mass is 16.5. The molecule has 7 heteroatoms. The Morgan fingerprint density at radius 2 is 1.71 bits per heavy atom. The van der Waals surface area contributed by atoms with Gasteiger partial charge in [0.25, 0.3) is 5.91 Å². The molecule has 0 radical (unpaired) electrons. The lowest BCUT2D eigenvalue weighted by Gasteiger charge is -2.20. The first-order valence-electron chi connectivity index (χ1n) is 11.5. The molecule has 4 rings (SSSR count). The summed E-state index contributed by atoms with van der Waals surface area (Å²) in [5.74, 6) is -0.684. The molecule has 1 heterocycles. The first kappa shape index (κ1) is 24.0. The molecular formula is C28H29N3O4. The highest BCUT2D eigenvalue weighted by Crippen LogP contribution is 2.34. The number of para-hydroxylation sites is 1. The molecule has 1 fully saturated rings. The second-order valence-corrected chi connectivity index (χ2v) is 8.78. The lowest BCUT2D eigenvalue weighted by molar-refractivity contribution is -0.122. The fraction of sp³-hybridized carbons (Fsp3) is 0.250. The summed E-state index contributed by atoms with van der Waals surface area (Å²) < 4.78 is 5.42. The molecule has 7 nitrogen and oxygen atoms in total. The molecule has 3 amide bonds. The van der Waals surface area contributed by atoms with Crippen LogP contribution in [0.2, 0.25) is 0 Å². The molecule has 0 saturated carbocycles. The van der Waals surface area contributed by atoms with Crippen LogP contribution in [-0.2, 0) is 16.1 Å². The monoisotopic (exact) mass is 471 g/mol. The van der Waals surface area contributed by atoms with Crippen LogP contribution in [0.15, 0.2) is 66.7 Å². The van der Waals surface area contributed by atoms with Gasteiger partial charge in [0, 0.05) is 19.5 Å². The number of benzene rings is 3. The van der Waals surface area contributed by atoms with E-state index >= 15 is 0 Å². The summed E-state index contributed by atoms with van der Waals surface area (Å²) in [6.07, 6.45) is 0.0880. The van der Waals surface area contributed by atoms with E-state index in [1.165, 1.54) is 0 Å². The number of anilines is 2. The second kappa shape index (κ2) is 10.4. The summed E-state index contributed by atoms with van der Waals surface area (Å²) in [7, 11) is 1.56. The summed E-state index contributed by atoms with van der Waals surface area (Å²) >= 11 is 0. The summed E-state index contributed by atoms with van der Waals surface area (Å²) in [6, 6.07) is 20.4. The van der Waals surface area contributed by atoms with E-state index in [0.717, 1.165) is 16.7 Å². The molecule has 1 aliphatic heterocycles. The average Bonchev–Trinajstić information content (AvgIpc) is 3.25.